The molecule has 1 saturated heterocycles. The molecule has 0 aliphatic carbocycles. The second-order valence-electron chi connectivity index (χ2n) is 6.78. The first kappa shape index (κ1) is 18.7. The zero-order valence-electron chi connectivity index (χ0n) is 15.0. The number of rotatable bonds is 3. The number of alkyl halides is 3. The van der Waals surface area contributed by atoms with E-state index < -0.39 is 11.7 Å². The molecule has 2 aromatic heterocycles. The number of nitrogens with zero attached hydrogens (tertiary/aromatic N) is 4. The number of hydrogen-bond donors (Lipinski definition) is 1. The Kier molecular flexibility index (Phi) is 4.74. The van der Waals surface area contributed by atoms with Gasteiger partial charge in [-0.05, 0) is 25.0 Å². The van der Waals surface area contributed by atoms with E-state index in [1.165, 1.54) is 23.6 Å². The van der Waals surface area contributed by atoms with E-state index in [2.05, 4.69) is 15.4 Å². The second-order valence-corrected chi connectivity index (χ2v) is 7.79. The zero-order chi connectivity index (χ0) is 19.9. The molecule has 10 heteroatoms. The van der Waals surface area contributed by atoms with Gasteiger partial charge in [0.25, 0.3) is 5.91 Å². The molecule has 28 heavy (non-hydrogen) atoms. The number of anilines is 1. The molecule has 148 valence electrons. The number of benzene rings is 1. The Morgan fingerprint density at radius 1 is 1.29 bits per heavy atom. The van der Waals surface area contributed by atoms with Crippen LogP contribution in [0.15, 0.2) is 30.6 Å². The summed E-state index contributed by atoms with van der Waals surface area (Å²) < 4.78 is 41.7. The third-order valence-corrected chi connectivity index (χ3v) is 5.86. The first-order valence-electron chi connectivity index (χ1n) is 8.82. The van der Waals surface area contributed by atoms with Crippen molar-refractivity contribution in [1.82, 2.24) is 20.1 Å². The van der Waals surface area contributed by atoms with Gasteiger partial charge in [0.2, 0.25) is 0 Å². The van der Waals surface area contributed by atoms with Crippen molar-refractivity contribution in [3.05, 3.63) is 41.7 Å². The normalized spacial score (nSPS) is 15.9. The lowest BCUT2D eigenvalue weighted by Crippen LogP contribution is -2.44. The fraction of sp³-hybridized carbons (Fsp3) is 0.389. The minimum Gasteiger partial charge on any atom is -0.349 e. The summed E-state index contributed by atoms with van der Waals surface area (Å²) in [4.78, 5) is 18.5. The van der Waals surface area contributed by atoms with Crippen LogP contribution in [0.3, 0.4) is 0 Å². The molecule has 0 atom stereocenters. The Bertz CT molecular complexity index is 1000. The molecule has 1 fully saturated rings. The Morgan fingerprint density at radius 2 is 2.04 bits per heavy atom. The van der Waals surface area contributed by atoms with Crippen LogP contribution in [0, 0.1) is 0 Å². The number of fused-ring (bicyclic) bond motifs is 1. The lowest BCUT2D eigenvalue weighted by atomic mass is 10.1. The summed E-state index contributed by atoms with van der Waals surface area (Å²) in [5.74, 6) is -0.165. The molecular weight excluding hydrogens is 391 g/mol. The van der Waals surface area contributed by atoms with Crippen LogP contribution in [-0.4, -0.2) is 39.8 Å². The van der Waals surface area contributed by atoms with Gasteiger partial charge >= 0.3 is 6.18 Å². The van der Waals surface area contributed by atoms with E-state index in [1.54, 1.807) is 24.0 Å². The molecule has 3 aromatic rings. The van der Waals surface area contributed by atoms with Gasteiger partial charge in [-0.1, -0.05) is 17.4 Å². The van der Waals surface area contributed by atoms with Crippen LogP contribution in [0.25, 0.3) is 10.2 Å². The minimum absolute atomic E-state index is 0.00186. The lowest BCUT2D eigenvalue weighted by Gasteiger charge is -2.32. The first-order chi connectivity index (χ1) is 13.3. The number of thiazole rings is 1. The highest BCUT2D eigenvalue weighted by Crippen LogP contribution is 2.38. The fourth-order valence-corrected chi connectivity index (χ4v) is 4.37. The summed E-state index contributed by atoms with van der Waals surface area (Å²) in [6, 6.07) is 4.15. The van der Waals surface area contributed by atoms with Gasteiger partial charge in [-0.2, -0.15) is 18.3 Å². The van der Waals surface area contributed by atoms with Crippen LogP contribution in [0.2, 0.25) is 0 Å². The van der Waals surface area contributed by atoms with Gasteiger partial charge in [-0.25, -0.2) is 4.98 Å². The summed E-state index contributed by atoms with van der Waals surface area (Å²) in [6.45, 7) is 1.25. The van der Waals surface area contributed by atoms with Gasteiger partial charge in [-0.3, -0.25) is 9.48 Å². The number of aryl methyl sites for hydroxylation is 1. The van der Waals surface area contributed by atoms with Crippen molar-refractivity contribution in [3.63, 3.8) is 0 Å². The predicted molar refractivity (Wildman–Crippen MR) is 101 cm³/mol. The average Bonchev–Trinajstić information content (AvgIpc) is 3.27. The van der Waals surface area contributed by atoms with E-state index in [0.29, 0.717) is 41.3 Å². The standard InChI is InChI=1S/C18H18F3N5OS/c1-25-10-11(9-22-25)16(27)23-12-5-7-26(8-6-12)17-24-15-13(18(19,20)21)3-2-4-14(15)28-17/h2-4,9-10,12H,5-8H2,1H3,(H,23,27). The molecule has 1 amide bonds. The van der Waals surface area contributed by atoms with Crippen LogP contribution in [-0.2, 0) is 13.2 Å². The Hall–Kier alpha value is -2.62. The number of hydrogen-bond acceptors (Lipinski definition) is 5. The number of carbonyl (C=O) groups excluding carboxylic acids is 1. The quantitative estimate of drug-likeness (QED) is 0.720. The van der Waals surface area contributed by atoms with Crippen molar-refractivity contribution >= 4 is 32.6 Å². The largest absolute Gasteiger partial charge is 0.418 e. The zero-order valence-corrected chi connectivity index (χ0v) is 15.8. The maximum absolute atomic E-state index is 13.2. The number of piperidine rings is 1. The van der Waals surface area contributed by atoms with E-state index in [1.807, 2.05) is 4.90 Å². The molecule has 0 bridgehead atoms. The summed E-state index contributed by atoms with van der Waals surface area (Å²) in [5.41, 5.74) is -0.191. The summed E-state index contributed by atoms with van der Waals surface area (Å²) >= 11 is 1.27. The van der Waals surface area contributed by atoms with Gasteiger partial charge < -0.3 is 10.2 Å². The Balaban J connectivity index is 1.43. The van der Waals surface area contributed by atoms with Gasteiger partial charge in [0.1, 0.15) is 0 Å². The highest BCUT2D eigenvalue weighted by atomic mass is 32.1. The third-order valence-electron chi connectivity index (χ3n) is 4.78. The van der Waals surface area contributed by atoms with E-state index in [0.717, 1.165) is 6.07 Å². The molecule has 0 radical (unpaired) electrons. The first-order valence-corrected chi connectivity index (χ1v) is 9.64. The molecule has 3 heterocycles. The topological polar surface area (TPSA) is 63.1 Å². The smallest absolute Gasteiger partial charge is 0.349 e. The molecule has 0 saturated carbocycles. The highest BCUT2D eigenvalue weighted by Gasteiger charge is 2.34. The maximum atomic E-state index is 13.2. The molecule has 4 rings (SSSR count). The Morgan fingerprint density at radius 3 is 2.68 bits per heavy atom. The van der Waals surface area contributed by atoms with E-state index >= 15 is 0 Å². The number of para-hydroxylation sites is 1. The number of carbonyl (C=O) groups is 1. The van der Waals surface area contributed by atoms with Crippen LogP contribution in [0.1, 0.15) is 28.8 Å². The van der Waals surface area contributed by atoms with Gasteiger partial charge in [0, 0.05) is 32.4 Å². The van der Waals surface area contributed by atoms with Crippen LogP contribution in [0.5, 0.6) is 0 Å². The van der Waals surface area contributed by atoms with Gasteiger partial charge in [0.15, 0.2) is 5.13 Å². The average molecular weight is 409 g/mol. The van der Waals surface area contributed by atoms with E-state index in [4.69, 9.17) is 0 Å². The van der Waals surface area contributed by atoms with Crippen LogP contribution < -0.4 is 10.2 Å². The van der Waals surface area contributed by atoms with Crippen LogP contribution in [0.4, 0.5) is 18.3 Å². The van der Waals surface area contributed by atoms with Crippen molar-refractivity contribution in [1.29, 1.82) is 0 Å². The number of aromatic nitrogens is 3. The number of nitrogens with one attached hydrogen (secondary N) is 1. The van der Waals surface area contributed by atoms with Gasteiger partial charge in [0.05, 0.1) is 27.5 Å². The summed E-state index contributed by atoms with van der Waals surface area (Å²) in [7, 11) is 1.75. The molecular formula is C18H18F3N5OS. The number of halogens is 3. The van der Waals surface area contributed by atoms with Crippen molar-refractivity contribution in [2.45, 2.75) is 25.1 Å². The van der Waals surface area contributed by atoms with Crippen molar-refractivity contribution in [3.8, 4) is 0 Å². The summed E-state index contributed by atoms with van der Waals surface area (Å²) in [5, 5.41) is 7.57. The fourth-order valence-electron chi connectivity index (χ4n) is 3.32. The van der Waals surface area contributed by atoms with Crippen molar-refractivity contribution in [2.24, 2.45) is 7.05 Å². The number of amides is 1. The predicted octanol–water partition coefficient (Wildman–Crippen LogP) is 3.45. The Labute approximate surface area is 163 Å². The molecule has 1 N–H and O–H groups in total. The monoisotopic (exact) mass is 409 g/mol. The van der Waals surface area contributed by atoms with E-state index in [9.17, 15) is 18.0 Å². The second kappa shape index (κ2) is 7.08. The molecule has 1 aliphatic heterocycles. The molecule has 0 spiro atoms. The SMILES string of the molecule is Cn1cc(C(=O)NC2CCN(c3nc4c(C(F)(F)F)cccc4s3)CC2)cn1. The third kappa shape index (κ3) is 3.68. The van der Waals surface area contributed by atoms with Crippen molar-refractivity contribution in [2.75, 3.05) is 18.0 Å². The lowest BCUT2D eigenvalue weighted by molar-refractivity contribution is -0.136. The van der Waals surface area contributed by atoms with Crippen LogP contribution >= 0.6 is 11.3 Å². The highest BCUT2D eigenvalue weighted by molar-refractivity contribution is 7.22. The van der Waals surface area contributed by atoms with Crippen molar-refractivity contribution < 1.29 is 18.0 Å². The molecule has 6 nitrogen and oxygen atoms in total. The maximum Gasteiger partial charge on any atom is 0.418 e. The molecule has 1 aromatic carbocycles. The summed E-state index contributed by atoms with van der Waals surface area (Å²) in [6.07, 6.45) is 0.157. The minimum atomic E-state index is -4.42. The van der Waals surface area contributed by atoms with E-state index in [-0.39, 0.29) is 17.5 Å². The van der Waals surface area contributed by atoms with Gasteiger partial charge in [-0.15, -0.1) is 0 Å². The molecule has 0 unspecified atom stereocenters. The molecule has 1 aliphatic rings.